The Morgan fingerprint density at radius 1 is 1.27 bits per heavy atom. The average Bonchev–Trinajstić information content (AvgIpc) is 2.85. The Morgan fingerprint density at radius 2 is 1.91 bits per heavy atom. The molecular weight excluding hydrogens is 304 g/mol. The van der Waals surface area contributed by atoms with Gasteiger partial charge < -0.3 is 10.4 Å². The molecule has 0 aromatic carbocycles. The van der Waals surface area contributed by atoms with Gasteiger partial charge in [0.05, 0.1) is 0 Å². The van der Waals surface area contributed by atoms with E-state index in [2.05, 4.69) is 34.7 Å². The van der Waals surface area contributed by atoms with Crippen molar-refractivity contribution in [1.82, 2.24) is 15.5 Å². The Balaban J connectivity index is 2.56. The monoisotopic (exact) mass is 328 g/mol. The van der Waals surface area contributed by atoms with Crippen LogP contribution in [0.3, 0.4) is 0 Å². The van der Waals surface area contributed by atoms with Gasteiger partial charge in [0.1, 0.15) is 5.01 Å². The highest BCUT2D eigenvalue weighted by molar-refractivity contribution is 7.15. The highest BCUT2D eigenvalue weighted by Gasteiger charge is 2.22. The summed E-state index contributed by atoms with van der Waals surface area (Å²) >= 11 is 1.37. The lowest BCUT2D eigenvalue weighted by molar-refractivity contribution is -0.137. The van der Waals surface area contributed by atoms with Crippen molar-refractivity contribution in [2.24, 2.45) is 0 Å². The van der Waals surface area contributed by atoms with Gasteiger partial charge in [-0.15, -0.1) is 10.2 Å². The Morgan fingerprint density at radius 3 is 2.45 bits per heavy atom. The molecule has 8 heteroatoms. The van der Waals surface area contributed by atoms with Crippen molar-refractivity contribution < 1.29 is 14.7 Å². The van der Waals surface area contributed by atoms with E-state index in [-0.39, 0.29) is 6.42 Å². The Kier molecular flexibility index (Phi) is 6.73. The third-order valence-corrected chi connectivity index (χ3v) is 4.41. The van der Waals surface area contributed by atoms with Crippen LogP contribution in [0.15, 0.2) is 0 Å². The van der Waals surface area contributed by atoms with Crippen molar-refractivity contribution in [2.75, 3.05) is 5.32 Å². The molecule has 0 saturated carbocycles. The summed E-state index contributed by atoms with van der Waals surface area (Å²) in [4.78, 5) is 22.6. The van der Waals surface area contributed by atoms with Gasteiger partial charge in [-0.3, -0.25) is 10.1 Å². The minimum Gasteiger partial charge on any atom is -0.481 e. The molecule has 7 nitrogen and oxygen atoms in total. The van der Waals surface area contributed by atoms with Gasteiger partial charge in [-0.05, 0) is 33.1 Å². The van der Waals surface area contributed by atoms with E-state index in [4.69, 9.17) is 5.11 Å². The van der Waals surface area contributed by atoms with Crippen molar-refractivity contribution in [1.29, 1.82) is 0 Å². The van der Waals surface area contributed by atoms with Crippen LogP contribution in [-0.4, -0.2) is 32.8 Å². The molecule has 0 radical (unpaired) electrons. The Hall–Kier alpha value is -1.70. The number of hydrogen-bond acceptors (Lipinski definition) is 5. The van der Waals surface area contributed by atoms with E-state index in [9.17, 15) is 9.59 Å². The summed E-state index contributed by atoms with van der Waals surface area (Å²) in [5, 5.41) is 23.6. The highest BCUT2D eigenvalue weighted by atomic mass is 32.1. The van der Waals surface area contributed by atoms with Gasteiger partial charge in [-0.2, -0.15) is 0 Å². The first-order valence-electron chi connectivity index (χ1n) is 7.41. The van der Waals surface area contributed by atoms with E-state index in [0.717, 1.165) is 17.8 Å². The van der Waals surface area contributed by atoms with Gasteiger partial charge in [0.2, 0.25) is 5.13 Å². The molecule has 0 bridgehead atoms. The molecule has 1 rings (SSSR count). The molecular formula is C14H24N4O3S. The number of nitrogens with one attached hydrogen (secondary N) is 2. The number of urea groups is 1. The van der Waals surface area contributed by atoms with Crippen molar-refractivity contribution in [3.8, 4) is 0 Å². The molecule has 0 unspecified atom stereocenters. The zero-order valence-corrected chi connectivity index (χ0v) is 14.3. The molecule has 0 spiro atoms. The third kappa shape index (κ3) is 5.97. The molecule has 124 valence electrons. The Bertz CT molecular complexity index is 512. The van der Waals surface area contributed by atoms with Gasteiger partial charge in [0.25, 0.3) is 0 Å². The summed E-state index contributed by atoms with van der Waals surface area (Å²) in [5.74, 6) is -0.516. The second-order valence-corrected chi connectivity index (χ2v) is 6.82. The van der Waals surface area contributed by atoms with Crippen LogP contribution in [0.2, 0.25) is 0 Å². The molecule has 0 atom stereocenters. The second-order valence-electron chi connectivity index (χ2n) is 5.82. The fourth-order valence-corrected chi connectivity index (χ4v) is 3.01. The van der Waals surface area contributed by atoms with Crippen LogP contribution < -0.4 is 10.6 Å². The van der Waals surface area contributed by atoms with E-state index >= 15 is 0 Å². The molecule has 1 aromatic rings. The minimum absolute atomic E-state index is 0.00488. The predicted molar refractivity (Wildman–Crippen MR) is 86.3 cm³/mol. The average molecular weight is 328 g/mol. The van der Waals surface area contributed by atoms with Crippen LogP contribution in [0.1, 0.15) is 64.3 Å². The van der Waals surface area contributed by atoms with Crippen molar-refractivity contribution in [2.45, 2.75) is 64.8 Å². The molecule has 0 saturated heterocycles. The maximum atomic E-state index is 12.0. The third-order valence-electron chi connectivity index (χ3n) is 3.41. The summed E-state index contributed by atoms with van der Waals surface area (Å²) in [6.45, 7) is 7.76. The van der Waals surface area contributed by atoms with Gasteiger partial charge in [0.15, 0.2) is 0 Å². The summed E-state index contributed by atoms with van der Waals surface area (Å²) < 4.78 is 0. The molecule has 0 aliphatic carbocycles. The number of nitrogens with zero attached hydrogens (tertiary/aromatic N) is 2. The van der Waals surface area contributed by atoms with Gasteiger partial charge in [-0.25, -0.2) is 4.79 Å². The Labute approximate surface area is 134 Å². The lowest BCUT2D eigenvalue weighted by Gasteiger charge is -2.25. The maximum absolute atomic E-state index is 12.0. The first-order valence-corrected chi connectivity index (χ1v) is 8.23. The first-order chi connectivity index (χ1) is 10.3. The van der Waals surface area contributed by atoms with E-state index in [1.807, 2.05) is 0 Å². The lowest BCUT2D eigenvalue weighted by atomic mass is 9.99. The number of carboxylic acids is 1. The van der Waals surface area contributed by atoms with Gasteiger partial charge in [-0.1, -0.05) is 25.2 Å². The normalized spacial score (nSPS) is 11.5. The largest absolute Gasteiger partial charge is 0.481 e. The molecule has 0 aliphatic heterocycles. The first kappa shape index (κ1) is 18.3. The highest BCUT2D eigenvalue weighted by Crippen LogP contribution is 2.28. The standard InChI is InChI=1S/C14H24N4O3S/c1-5-9(6-2)11-17-18-13(22-11)15-12(21)16-14(3,4)8-7-10(19)20/h9H,5-8H2,1-4H3,(H,19,20)(H2,15,16,18,21). The number of aliphatic carboxylic acids is 1. The van der Waals surface area contributed by atoms with Crippen LogP contribution in [-0.2, 0) is 4.79 Å². The molecule has 3 N–H and O–H groups in total. The summed E-state index contributed by atoms with van der Waals surface area (Å²) in [7, 11) is 0. The SMILES string of the molecule is CCC(CC)c1nnc(NC(=O)NC(C)(C)CCC(=O)O)s1. The van der Waals surface area contributed by atoms with Crippen molar-refractivity contribution in [3.05, 3.63) is 5.01 Å². The number of rotatable bonds is 8. The lowest BCUT2D eigenvalue weighted by Crippen LogP contribution is -2.45. The number of anilines is 1. The molecule has 0 aliphatic rings. The number of carboxylic acid groups (broad SMARTS) is 1. The predicted octanol–water partition coefficient (Wildman–Crippen LogP) is 3.21. The van der Waals surface area contributed by atoms with Gasteiger partial charge >= 0.3 is 12.0 Å². The molecule has 22 heavy (non-hydrogen) atoms. The van der Waals surface area contributed by atoms with E-state index in [0.29, 0.717) is 17.5 Å². The molecule has 2 amide bonds. The smallest absolute Gasteiger partial charge is 0.321 e. The quantitative estimate of drug-likeness (QED) is 0.679. The number of aromatic nitrogens is 2. The molecule has 0 fully saturated rings. The summed E-state index contributed by atoms with van der Waals surface area (Å²) in [6.07, 6.45) is 2.33. The minimum atomic E-state index is -0.880. The number of carbonyl (C=O) groups is 2. The molecule has 1 heterocycles. The number of carbonyl (C=O) groups excluding carboxylic acids is 1. The topological polar surface area (TPSA) is 104 Å². The van der Waals surface area contributed by atoms with Crippen molar-refractivity contribution in [3.63, 3.8) is 0 Å². The zero-order chi connectivity index (χ0) is 16.8. The molecule has 1 aromatic heterocycles. The van der Waals surface area contributed by atoms with Crippen molar-refractivity contribution >= 4 is 28.5 Å². The fourth-order valence-electron chi connectivity index (χ4n) is 2.01. The van der Waals surface area contributed by atoms with E-state index in [1.54, 1.807) is 13.8 Å². The number of hydrogen-bond donors (Lipinski definition) is 3. The maximum Gasteiger partial charge on any atom is 0.321 e. The van der Waals surface area contributed by atoms with E-state index < -0.39 is 17.5 Å². The van der Waals surface area contributed by atoms with Crippen LogP contribution in [0.25, 0.3) is 0 Å². The van der Waals surface area contributed by atoms with Crippen LogP contribution in [0, 0.1) is 0 Å². The van der Waals surface area contributed by atoms with Crippen LogP contribution in [0.5, 0.6) is 0 Å². The number of amides is 2. The van der Waals surface area contributed by atoms with Crippen LogP contribution in [0.4, 0.5) is 9.93 Å². The summed E-state index contributed by atoms with van der Waals surface area (Å²) in [5.41, 5.74) is -0.606. The fraction of sp³-hybridized carbons (Fsp3) is 0.714. The van der Waals surface area contributed by atoms with Gasteiger partial charge in [0, 0.05) is 17.9 Å². The second kappa shape index (κ2) is 8.07. The van der Waals surface area contributed by atoms with E-state index in [1.165, 1.54) is 11.3 Å². The van der Waals surface area contributed by atoms with Crippen LogP contribution >= 0.6 is 11.3 Å². The zero-order valence-electron chi connectivity index (χ0n) is 13.5. The summed E-state index contributed by atoms with van der Waals surface area (Å²) in [6, 6.07) is -0.400.